The quantitative estimate of drug-likeness (QED) is 0.0657. The van der Waals surface area contributed by atoms with Crippen LogP contribution in [0.2, 0.25) is 0 Å². The molecular formula is C46H48O7. The van der Waals surface area contributed by atoms with Crippen molar-refractivity contribution < 1.29 is 33.6 Å². The number of esters is 1. The van der Waals surface area contributed by atoms with E-state index in [1.165, 1.54) is 0 Å². The number of ketones is 1. The van der Waals surface area contributed by atoms with Gasteiger partial charge in [0.05, 0.1) is 7.11 Å². The Kier molecular flexibility index (Phi) is 11.9. The molecule has 7 nitrogen and oxygen atoms in total. The van der Waals surface area contributed by atoms with Crippen LogP contribution in [0.3, 0.4) is 0 Å². The number of hydrogen-bond acceptors (Lipinski definition) is 7. The van der Waals surface area contributed by atoms with Crippen molar-refractivity contribution in [3.05, 3.63) is 166 Å². The molecule has 7 heteroatoms. The summed E-state index contributed by atoms with van der Waals surface area (Å²) in [4.78, 5) is 24.9. The zero-order chi connectivity index (χ0) is 38.3. The van der Waals surface area contributed by atoms with Gasteiger partial charge in [0, 0.05) is 38.7 Å². The maximum atomic E-state index is 12.9. The Bertz CT molecular complexity index is 2040. The van der Waals surface area contributed by atoms with E-state index in [1.54, 1.807) is 38.3 Å². The molecule has 1 unspecified atom stereocenters. The molecule has 0 amide bonds. The molecule has 5 aromatic carbocycles. The molecule has 0 spiro atoms. The molecule has 5 aromatic rings. The highest BCUT2D eigenvalue weighted by Crippen LogP contribution is 2.45. The fourth-order valence-corrected chi connectivity index (χ4v) is 6.14. The van der Waals surface area contributed by atoms with Crippen molar-refractivity contribution in [1.29, 1.82) is 0 Å². The van der Waals surface area contributed by atoms with Gasteiger partial charge in [-0.05, 0) is 73.5 Å². The highest BCUT2D eigenvalue weighted by molar-refractivity contribution is 6.09. The molecule has 0 aliphatic heterocycles. The number of para-hydroxylation sites is 1. The van der Waals surface area contributed by atoms with Crippen LogP contribution in [-0.4, -0.2) is 43.3 Å². The maximum absolute atomic E-state index is 12.9. The van der Waals surface area contributed by atoms with Gasteiger partial charge < -0.3 is 24.1 Å². The number of aryl methyl sites for hydroxylation is 1. The molecule has 1 N–H and O–H groups in total. The van der Waals surface area contributed by atoms with Crippen LogP contribution in [0.15, 0.2) is 127 Å². The number of hydrogen-bond donors (Lipinski definition) is 1. The minimum atomic E-state index is -1.06. The number of rotatable bonds is 15. The van der Waals surface area contributed by atoms with E-state index in [1.807, 2.05) is 97.9 Å². The second-order valence-corrected chi connectivity index (χ2v) is 14.4. The molecule has 0 radical (unpaired) electrons. The maximum Gasteiger partial charge on any atom is 0.333 e. The van der Waals surface area contributed by atoms with Crippen LogP contribution in [0.5, 0.6) is 23.0 Å². The number of aliphatic hydroxyl groups excluding tert-OH is 1. The lowest BCUT2D eigenvalue weighted by Gasteiger charge is -2.34. The third-order valence-electron chi connectivity index (χ3n) is 9.59. The molecule has 0 fully saturated rings. The predicted octanol–water partition coefficient (Wildman–Crippen LogP) is 9.54. The summed E-state index contributed by atoms with van der Waals surface area (Å²) < 4.78 is 23.3. The molecule has 0 aromatic heterocycles. The van der Waals surface area contributed by atoms with Crippen molar-refractivity contribution in [3.8, 4) is 23.0 Å². The zero-order valence-corrected chi connectivity index (χ0v) is 31.6. The van der Waals surface area contributed by atoms with Crippen LogP contribution in [0.1, 0.15) is 78.4 Å². The van der Waals surface area contributed by atoms with Gasteiger partial charge in [0.2, 0.25) is 0 Å². The molecule has 0 saturated heterocycles. The third kappa shape index (κ3) is 9.05. The van der Waals surface area contributed by atoms with Crippen molar-refractivity contribution in [2.24, 2.45) is 0 Å². The molecule has 0 heterocycles. The number of aliphatic hydroxyl groups is 1. The standard InChI is InChI=1S/C46H48O7/c1-30(2)44(49)52-29-36(47)28-51-43-40(45(4,5)34-18-24-37(50-8)25-19-34)10-9-11-41(43)46(6,7)35-20-26-39(27-21-35)53-38-22-16-33(17-23-38)42(48)32-14-12-31(3)13-15-32/h9-27,36,47H,1,28-29H2,2-8H3. The minimum Gasteiger partial charge on any atom is -0.497 e. The monoisotopic (exact) mass is 712 g/mol. The number of ether oxygens (including phenoxy) is 4. The van der Waals surface area contributed by atoms with Gasteiger partial charge in [-0.2, -0.15) is 0 Å². The van der Waals surface area contributed by atoms with Gasteiger partial charge in [-0.15, -0.1) is 0 Å². The molecule has 0 aliphatic rings. The van der Waals surface area contributed by atoms with Crippen LogP contribution in [0, 0.1) is 6.92 Å². The van der Waals surface area contributed by atoms with E-state index >= 15 is 0 Å². The summed E-state index contributed by atoms with van der Waals surface area (Å²) in [5.41, 5.74) is 5.49. The third-order valence-corrected chi connectivity index (χ3v) is 9.59. The Morgan fingerprint density at radius 2 is 1.13 bits per heavy atom. The van der Waals surface area contributed by atoms with Crippen molar-refractivity contribution in [2.45, 2.75) is 58.5 Å². The predicted molar refractivity (Wildman–Crippen MR) is 209 cm³/mol. The van der Waals surface area contributed by atoms with E-state index in [9.17, 15) is 14.7 Å². The summed E-state index contributed by atoms with van der Waals surface area (Å²) in [6.07, 6.45) is -1.06. The normalized spacial score (nSPS) is 12.1. The van der Waals surface area contributed by atoms with Gasteiger partial charge in [0.15, 0.2) is 5.78 Å². The highest BCUT2D eigenvalue weighted by Gasteiger charge is 2.34. The largest absolute Gasteiger partial charge is 0.497 e. The Balaban J connectivity index is 1.40. The first-order valence-electron chi connectivity index (χ1n) is 17.6. The lowest BCUT2D eigenvalue weighted by Crippen LogP contribution is -2.29. The second-order valence-electron chi connectivity index (χ2n) is 14.4. The first-order chi connectivity index (χ1) is 25.2. The SMILES string of the molecule is C=C(C)C(=O)OCC(O)COc1c(C(C)(C)c2ccc(OC)cc2)cccc1C(C)(C)c1ccc(Oc2ccc(C(=O)c3ccc(C)cc3)cc2)cc1. The Morgan fingerprint density at radius 1 is 0.679 bits per heavy atom. The van der Waals surface area contributed by atoms with E-state index in [-0.39, 0.29) is 24.6 Å². The lowest BCUT2D eigenvalue weighted by molar-refractivity contribution is -0.142. The van der Waals surface area contributed by atoms with Crippen LogP contribution >= 0.6 is 0 Å². The molecule has 0 aliphatic carbocycles. The van der Waals surface area contributed by atoms with Crippen molar-refractivity contribution >= 4 is 11.8 Å². The Labute approximate surface area is 312 Å². The minimum absolute atomic E-state index is 0.0383. The Morgan fingerprint density at radius 3 is 1.60 bits per heavy atom. The lowest BCUT2D eigenvalue weighted by atomic mass is 9.72. The van der Waals surface area contributed by atoms with Gasteiger partial charge in [-0.25, -0.2) is 4.79 Å². The van der Waals surface area contributed by atoms with E-state index in [4.69, 9.17) is 18.9 Å². The summed E-state index contributed by atoms with van der Waals surface area (Å²) in [5.74, 6) is 2.08. The van der Waals surface area contributed by atoms with Gasteiger partial charge in [-0.3, -0.25) is 4.79 Å². The van der Waals surface area contributed by atoms with Gasteiger partial charge in [0.1, 0.15) is 42.3 Å². The van der Waals surface area contributed by atoms with Crippen LogP contribution < -0.4 is 14.2 Å². The zero-order valence-electron chi connectivity index (χ0n) is 31.6. The van der Waals surface area contributed by atoms with E-state index < -0.39 is 22.9 Å². The summed E-state index contributed by atoms with van der Waals surface area (Å²) in [6, 6.07) is 36.7. The van der Waals surface area contributed by atoms with Gasteiger partial charge in [-0.1, -0.05) is 107 Å². The first-order valence-corrected chi connectivity index (χ1v) is 17.6. The molecule has 0 bridgehead atoms. The molecule has 274 valence electrons. The number of carbonyl (C=O) groups is 2. The number of carbonyl (C=O) groups excluding carboxylic acids is 2. The highest BCUT2D eigenvalue weighted by atomic mass is 16.5. The van der Waals surface area contributed by atoms with E-state index in [2.05, 4.69) is 34.3 Å². The first kappa shape index (κ1) is 38.6. The summed E-state index contributed by atoms with van der Waals surface area (Å²) in [5, 5.41) is 10.8. The molecule has 5 rings (SSSR count). The van der Waals surface area contributed by atoms with Crippen LogP contribution in [0.25, 0.3) is 0 Å². The fourth-order valence-electron chi connectivity index (χ4n) is 6.14. The smallest absolute Gasteiger partial charge is 0.333 e. The summed E-state index contributed by atoms with van der Waals surface area (Å²) >= 11 is 0. The van der Waals surface area contributed by atoms with Crippen molar-refractivity contribution in [2.75, 3.05) is 20.3 Å². The number of methoxy groups -OCH3 is 1. The summed E-state index contributed by atoms with van der Waals surface area (Å²) in [7, 11) is 1.64. The molecular weight excluding hydrogens is 664 g/mol. The van der Waals surface area contributed by atoms with Gasteiger partial charge in [0.25, 0.3) is 0 Å². The second kappa shape index (κ2) is 16.3. The van der Waals surface area contributed by atoms with Crippen molar-refractivity contribution in [3.63, 3.8) is 0 Å². The van der Waals surface area contributed by atoms with Gasteiger partial charge >= 0.3 is 5.97 Å². The van der Waals surface area contributed by atoms with E-state index in [0.717, 1.165) is 33.6 Å². The Hall–Kier alpha value is -5.66. The fraction of sp³-hybridized carbons (Fsp3) is 0.261. The van der Waals surface area contributed by atoms with Crippen LogP contribution in [-0.2, 0) is 20.4 Å². The number of benzene rings is 5. The molecule has 1 atom stereocenters. The van der Waals surface area contributed by atoms with E-state index in [0.29, 0.717) is 28.4 Å². The average molecular weight is 713 g/mol. The molecule has 0 saturated carbocycles. The van der Waals surface area contributed by atoms with Crippen molar-refractivity contribution in [1.82, 2.24) is 0 Å². The molecule has 53 heavy (non-hydrogen) atoms. The van der Waals surface area contributed by atoms with Crippen LogP contribution in [0.4, 0.5) is 0 Å². The summed E-state index contributed by atoms with van der Waals surface area (Å²) in [6.45, 7) is 15.4. The average Bonchev–Trinajstić information content (AvgIpc) is 3.16. The topological polar surface area (TPSA) is 91.3 Å².